The number of unbranched alkanes of at least 4 members (excludes halogenated alkanes) is 5. The molecule has 0 aromatic heterocycles. The highest BCUT2D eigenvalue weighted by atomic mass is 16.3. The zero-order valence-electron chi connectivity index (χ0n) is 12.0. The number of phenolic OH excluding ortho intramolecular Hbond substituents is 2. The molecule has 0 fully saturated rings. The van der Waals surface area contributed by atoms with Crippen molar-refractivity contribution in [3.63, 3.8) is 0 Å². The van der Waals surface area contributed by atoms with E-state index in [4.69, 9.17) is 0 Å². The highest BCUT2D eigenvalue weighted by Gasteiger charge is 2.00. The lowest BCUT2D eigenvalue weighted by molar-refractivity contribution is 0.403. The second-order valence-corrected chi connectivity index (χ2v) is 5.40. The molecule has 0 bridgehead atoms. The molecular formula is C17H26O2. The number of hydrogen-bond donors (Lipinski definition) is 2. The van der Waals surface area contributed by atoms with E-state index in [9.17, 15) is 10.2 Å². The first kappa shape index (κ1) is 15.6. The molecule has 19 heavy (non-hydrogen) atoms. The van der Waals surface area contributed by atoms with Crippen LogP contribution in [0.25, 0.3) is 0 Å². The summed E-state index contributed by atoms with van der Waals surface area (Å²) in [5.41, 5.74) is 2.38. The average molecular weight is 262 g/mol. The van der Waals surface area contributed by atoms with E-state index in [0.717, 1.165) is 24.8 Å². The van der Waals surface area contributed by atoms with Crippen molar-refractivity contribution in [3.05, 3.63) is 35.9 Å². The van der Waals surface area contributed by atoms with Gasteiger partial charge in [-0.3, -0.25) is 0 Å². The number of aromatic hydroxyl groups is 2. The van der Waals surface area contributed by atoms with E-state index in [1.807, 2.05) is 6.07 Å². The van der Waals surface area contributed by atoms with Gasteiger partial charge in [0.05, 0.1) is 0 Å². The van der Waals surface area contributed by atoms with E-state index in [1.165, 1.54) is 37.7 Å². The molecule has 106 valence electrons. The molecule has 0 atom stereocenters. The maximum absolute atomic E-state index is 9.39. The van der Waals surface area contributed by atoms with Crippen LogP contribution in [0.15, 0.2) is 30.4 Å². The summed E-state index contributed by atoms with van der Waals surface area (Å²) in [5.74, 6) is -0.0569. The molecule has 2 nitrogen and oxygen atoms in total. The maximum atomic E-state index is 9.39. The van der Waals surface area contributed by atoms with Crippen LogP contribution in [0, 0.1) is 0 Å². The first-order chi connectivity index (χ1) is 9.09. The largest absolute Gasteiger partial charge is 0.504 e. The molecule has 0 saturated heterocycles. The number of rotatable bonds is 9. The van der Waals surface area contributed by atoms with Crippen molar-refractivity contribution in [2.24, 2.45) is 0 Å². The fourth-order valence-electron chi connectivity index (χ4n) is 2.19. The summed E-state index contributed by atoms with van der Waals surface area (Å²) in [6.45, 7) is 6.00. The Morgan fingerprint density at radius 2 is 1.58 bits per heavy atom. The van der Waals surface area contributed by atoms with E-state index in [1.54, 1.807) is 12.1 Å². The molecule has 2 N–H and O–H groups in total. The van der Waals surface area contributed by atoms with Crippen LogP contribution in [-0.4, -0.2) is 10.2 Å². The summed E-state index contributed by atoms with van der Waals surface area (Å²) in [6, 6.07) is 5.09. The van der Waals surface area contributed by atoms with Crippen molar-refractivity contribution in [1.82, 2.24) is 0 Å². The smallest absolute Gasteiger partial charge is 0.157 e. The molecule has 1 aromatic rings. The Hall–Kier alpha value is -1.44. The van der Waals surface area contributed by atoms with Gasteiger partial charge in [0.2, 0.25) is 0 Å². The van der Waals surface area contributed by atoms with E-state index in [-0.39, 0.29) is 11.5 Å². The molecule has 0 aliphatic carbocycles. The lowest BCUT2D eigenvalue weighted by Gasteiger charge is -2.04. The van der Waals surface area contributed by atoms with Crippen LogP contribution in [0.3, 0.4) is 0 Å². The van der Waals surface area contributed by atoms with Crippen LogP contribution in [-0.2, 0) is 6.42 Å². The lowest BCUT2D eigenvalue weighted by Crippen LogP contribution is -1.86. The first-order valence-corrected chi connectivity index (χ1v) is 7.25. The third kappa shape index (κ3) is 6.90. The molecule has 0 saturated carbocycles. The third-order valence-electron chi connectivity index (χ3n) is 3.36. The maximum Gasteiger partial charge on any atom is 0.157 e. The molecule has 0 spiro atoms. The van der Waals surface area contributed by atoms with Gasteiger partial charge in [0.15, 0.2) is 11.5 Å². The van der Waals surface area contributed by atoms with Gasteiger partial charge in [-0.2, -0.15) is 0 Å². The molecule has 1 aromatic carbocycles. The van der Waals surface area contributed by atoms with E-state index < -0.39 is 0 Å². The minimum absolute atomic E-state index is 0.0164. The lowest BCUT2D eigenvalue weighted by atomic mass is 10.0. The summed E-state index contributed by atoms with van der Waals surface area (Å²) in [4.78, 5) is 0. The van der Waals surface area contributed by atoms with Gasteiger partial charge in [-0.15, -0.1) is 6.58 Å². The Morgan fingerprint density at radius 1 is 0.947 bits per heavy atom. The Kier molecular flexibility index (Phi) is 7.09. The van der Waals surface area contributed by atoms with Gasteiger partial charge >= 0.3 is 0 Å². The fourth-order valence-corrected chi connectivity index (χ4v) is 2.19. The summed E-state index contributed by atoms with van der Waals surface area (Å²) < 4.78 is 0. The third-order valence-corrected chi connectivity index (χ3v) is 3.36. The van der Waals surface area contributed by atoms with Crippen LogP contribution in [0.4, 0.5) is 0 Å². The minimum atomic E-state index is -0.0405. The van der Waals surface area contributed by atoms with Gasteiger partial charge in [-0.1, -0.05) is 37.3 Å². The van der Waals surface area contributed by atoms with E-state index in [2.05, 4.69) is 13.5 Å². The molecule has 0 amide bonds. The molecular weight excluding hydrogens is 236 g/mol. The number of aryl methyl sites for hydroxylation is 1. The monoisotopic (exact) mass is 262 g/mol. The Labute approximate surface area is 116 Å². The first-order valence-electron chi connectivity index (χ1n) is 7.25. The van der Waals surface area contributed by atoms with Crippen LogP contribution in [0.1, 0.15) is 57.4 Å². The second-order valence-electron chi connectivity index (χ2n) is 5.40. The Balaban J connectivity index is 2.04. The van der Waals surface area contributed by atoms with Crippen LogP contribution in [0.2, 0.25) is 0 Å². The topological polar surface area (TPSA) is 40.5 Å². The summed E-state index contributed by atoms with van der Waals surface area (Å²) >= 11 is 0. The van der Waals surface area contributed by atoms with Crippen molar-refractivity contribution >= 4 is 0 Å². The SMILES string of the molecule is C=C(C)CCCCCCCCc1ccc(O)c(O)c1. The second kappa shape index (κ2) is 8.63. The van der Waals surface area contributed by atoms with Gasteiger partial charge < -0.3 is 10.2 Å². The van der Waals surface area contributed by atoms with E-state index in [0.29, 0.717) is 0 Å². The summed E-state index contributed by atoms with van der Waals surface area (Å²) in [6.07, 6.45) is 9.65. The molecule has 1 rings (SSSR count). The molecule has 0 heterocycles. The Morgan fingerprint density at radius 3 is 2.21 bits per heavy atom. The predicted molar refractivity (Wildman–Crippen MR) is 80.6 cm³/mol. The van der Waals surface area contributed by atoms with Crippen molar-refractivity contribution in [1.29, 1.82) is 0 Å². The van der Waals surface area contributed by atoms with Gasteiger partial charge in [0.25, 0.3) is 0 Å². The molecule has 0 aliphatic rings. The number of allylic oxidation sites excluding steroid dienone is 1. The number of hydrogen-bond acceptors (Lipinski definition) is 2. The number of phenols is 2. The normalized spacial score (nSPS) is 10.6. The number of benzene rings is 1. The zero-order chi connectivity index (χ0) is 14.1. The standard InChI is InChI=1S/C17H26O2/c1-14(2)9-7-5-3-4-6-8-10-15-11-12-16(18)17(19)13-15/h11-13,18-19H,1,3-10H2,2H3. The fraction of sp³-hybridized carbons (Fsp3) is 0.529. The quantitative estimate of drug-likeness (QED) is 0.375. The van der Waals surface area contributed by atoms with Crippen molar-refractivity contribution in [2.75, 3.05) is 0 Å². The Bertz CT molecular complexity index is 396. The van der Waals surface area contributed by atoms with Gasteiger partial charge in [0.1, 0.15) is 0 Å². The van der Waals surface area contributed by atoms with Gasteiger partial charge in [-0.05, 0) is 50.3 Å². The molecule has 0 aliphatic heterocycles. The van der Waals surface area contributed by atoms with Crippen LogP contribution < -0.4 is 0 Å². The predicted octanol–water partition coefficient (Wildman–Crippen LogP) is 4.95. The van der Waals surface area contributed by atoms with Crippen molar-refractivity contribution in [2.45, 2.75) is 58.3 Å². The molecule has 0 radical (unpaired) electrons. The highest BCUT2D eigenvalue weighted by molar-refractivity contribution is 5.40. The highest BCUT2D eigenvalue weighted by Crippen LogP contribution is 2.25. The van der Waals surface area contributed by atoms with E-state index >= 15 is 0 Å². The molecule has 2 heteroatoms. The minimum Gasteiger partial charge on any atom is -0.504 e. The van der Waals surface area contributed by atoms with Crippen LogP contribution in [0.5, 0.6) is 11.5 Å². The van der Waals surface area contributed by atoms with Gasteiger partial charge in [-0.25, -0.2) is 0 Å². The van der Waals surface area contributed by atoms with Crippen LogP contribution >= 0.6 is 0 Å². The van der Waals surface area contributed by atoms with Crippen molar-refractivity contribution in [3.8, 4) is 11.5 Å². The van der Waals surface area contributed by atoms with Crippen molar-refractivity contribution < 1.29 is 10.2 Å². The average Bonchev–Trinajstić information content (AvgIpc) is 2.36. The zero-order valence-corrected chi connectivity index (χ0v) is 12.0. The summed E-state index contributed by atoms with van der Waals surface area (Å²) in [7, 11) is 0. The summed E-state index contributed by atoms with van der Waals surface area (Å²) in [5, 5.41) is 18.6. The van der Waals surface area contributed by atoms with Gasteiger partial charge in [0, 0.05) is 0 Å². The molecule has 0 unspecified atom stereocenters.